The van der Waals surface area contributed by atoms with Crippen LogP contribution in [0.5, 0.6) is 0 Å². The van der Waals surface area contributed by atoms with Gasteiger partial charge in [-0.3, -0.25) is 0 Å². The average Bonchev–Trinajstić information content (AvgIpc) is 2.28. The molecule has 16 heavy (non-hydrogen) atoms. The third kappa shape index (κ3) is 2.07. The molecule has 2 rings (SSSR count). The van der Waals surface area contributed by atoms with Gasteiger partial charge in [-0.1, -0.05) is 0 Å². The molecule has 0 aromatic heterocycles. The molecule has 0 amide bonds. The van der Waals surface area contributed by atoms with Crippen molar-refractivity contribution in [2.45, 2.75) is 19.9 Å². The van der Waals surface area contributed by atoms with Crippen molar-refractivity contribution < 1.29 is 13.9 Å². The first-order chi connectivity index (χ1) is 7.72. The summed E-state index contributed by atoms with van der Waals surface area (Å²) in [4.78, 5) is 11.5. The molecule has 0 radical (unpaired) electrons. The van der Waals surface area contributed by atoms with Crippen molar-refractivity contribution in [3.8, 4) is 0 Å². The first kappa shape index (κ1) is 11.1. The molecule has 0 unspecified atom stereocenters. The minimum Gasteiger partial charge on any atom is -0.462 e. The van der Waals surface area contributed by atoms with Gasteiger partial charge in [0.1, 0.15) is 5.82 Å². The van der Waals surface area contributed by atoms with Crippen LogP contribution in [0.1, 0.15) is 28.4 Å². The molecule has 1 aliphatic heterocycles. The molecule has 0 bridgehead atoms. The number of nitrogens with one attached hydrogen (secondary N) is 1. The van der Waals surface area contributed by atoms with E-state index in [4.69, 9.17) is 4.74 Å². The van der Waals surface area contributed by atoms with Crippen LogP contribution in [0.15, 0.2) is 12.1 Å². The van der Waals surface area contributed by atoms with Gasteiger partial charge in [-0.2, -0.15) is 0 Å². The Balaban J connectivity index is 2.35. The van der Waals surface area contributed by atoms with Gasteiger partial charge in [0, 0.05) is 6.54 Å². The van der Waals surface area contributed by atoms with Crippen LogP contribution in [-0.2, 0) is 17.7 Å². The molecular weight excluding hydrogens is 209 g/mol. The first-order valence-corrected chi connectivity index (χ1v) is 5.41. The second kappa shape index (κ2) is 4.61. The molecule has 0 aliphatic carbocycles. The summed E-state index contributed by atoms with van der Waals surface area (Å²) >= 11 is 0. The van der Waals surface area contributed by atoms with Gasteiger partial charge >= 0.3 is 5.97 Å². The van der Waals surface area contributed by atoms with Gasteiger partial charge < -0.3 is 10.1 Å². The number of ether oxygens (including phenoxy) is 1. The Morgan fingerprint density at radius 2 is 2.31 bits per heavy atom. The summed E-state index contributed by atoms with van der Waals surface area (Å²) in [5.41, 5.74) is 1.99. The van der Waals surface area contributed by atoms with Crippen molar-refractivity contribution in [3.63, 3.8) is 0 Å². The summed E-state index contributed by atoms with van der Waals surface area (Å²) in [6.07, 6.45) is 0.801. The minimum atomic E-state index is -0.589. The molecular formula is C12H14FNO2. The monoisotopic (exact) mass is 223 g/mol. The number of hydrogen-bond acceptors (Lipinski definition) is 3. The highest BCUT2D eigenvalue weighted by molar-refractivity contribution is 5.90. The number of halogens is 1. The molecule has 1 N–H and O–H groups in total. The number of carbonyl (C=O) groups is 1. The quantitative estimate of drug-likeness (QED) is 0.775. The summed E-state index contributed by atoms with van der Waals surface area (Å²) < 4.78 is 18.4. The van der Waals surface area contributed by atoms with E-state index in [0.717, 1.165) is 24.1 Å². The van der Waals surface area contributed by atoms with Crippen molar-refractivity contribution in [2.75, 3.05) is 13.2 Å². The zero-order valence-electron chi connectivity index (χ0n) is 9.18. The van der Waals surface area contributed by atoms with E-state index < -0.39 is 11.8 Å². The van der Waals surface area contributed by atoms with Crippen molar-refractivity contribution in [1.29, 1.82) is 0 Å². The summed E-state index contributed by atoms with van der Waals surface area (Å²) in [5.74, 6) is -1.08. The number of esters is 1. The van der Waals surface area contributed by atoms with E-state index in [1.165, 1.54) is 6.07 Å². The molecule has 0 saturated carbocycles. The molecule has 1 aromatic rings. The SMILES string of the molecule is CCOC(=O)c1cc2c(cc1F)CCNC2. The van der Waals surface area contributed by atoms with Gasteiger partial charge in [-0.25, -0.2) is 9.18 Å². The van der Waals surface area contributed by atoms with Gasteiger partial charge in [0.2, 0.25) is 0 Å². The lowest BCUT2D eigenvalue weighted by atomic mass is 9.98. The van der Waals surface area contributed by atoms with Crippen LogP contribution in [0, 0.1) is 5.82 Å². The van der Waals surface area contributed by atoms with Gasteiger partial charge in [0.25, 0.3) is 0 Å². The summed E-state index contributed by atoms with van der Waals surface area (Å²) in [7, 11) is 0. The highest BCUT2D eigenvalue weighted by atomic mass is 19.1. The second-order valence-corrected chi connectivity index (χ2v) is 3.75. The lowest BCUT2D eigenvalue weighted by Crippen LogP contribution is -2.24. The third-order valence-corrected chi connectivity index (χ3v) is 2.67. The van der Waals surface area contributed by atoms with Crippen molar-refractivity contribution in [3.05, 3.63) is 34.6 Å². The molecule has 0 saturated heterocycles. The maximum atomic E-state index is 13.6. The maximum Gasteiger partial charge on any atom is 0.341 e. The van der Waals surface area contributed by atoms with Crippen molar-refractivity contribution in [2.24, 2.45) is 0 Å². The van der Waals surface area contributed by atoms with Crippen LogP contribution in [-0.4, -0.2) is 19.1 Å². The molecule has 86 valence electrons. The Labute approximate surface area is 93.6 Å². The van der Waals surface area contributed by atoms with Gasteiger partial charge in [0.05, 0.1) is 12.2 Å². The maximum absolute atomic E-state index is 13.6. The third-order valence-electron chi connectivity index (χ3n) is 2.67. The summed E-state index contributed by atoms with van der Waals surface area (Å²) in [6.45, 7) is 3.50. The Bertz CT molecular complexity index is 418. The van der Waals surface area contributed by atoms with E-state index in [0.29, 0.717) is 6.54 Å². The summed E-state index contributed by atoms with van der Waals surface area (Å²) in [5, 5.41) is 3.18. The Morgan fingerprint density at radius 1 is 1.50 bits per heavy atom. The first-order valence-electron chi connectivity index (χ1n) is 5.41. The van der Waals surface area contributed by atoms with Crippen LogP contribution in [0.3, 0.4) is 0 Å². The Morgan fingerprint density at radius 3 is 3.06 bits per heavy atom. The lowest BCUT2D eigenvalue weighted by molar-refractivity contribution is 0.0521. The second-order valence-electron chi connectivity index (χ2n) is 3.75. The topological polar surface area (TPSA) is 38.3 Å². The molecule has 1 aromatic carbocycles. The summed E-state index contributed by atoms with van der Waals surface area (Å²) in [6, 6.07) is 3.04. The molecule has 1 aliphatic rings. The fourth-order valence-corrected chi connectivity index (χ4v) is 1.87. The predicted molar refractivity (Wildman–Crippen MR) is 57.8 cm³/mol. The largest absolute Gasteiger partial charge is 0.462 e. The fourth-order valence-electron chi connectivity index (χ4n) is 1.87. The van der Waals surface area contributed by atoms with E-state index in [-0.39, 0.29) is 12.2 Å². The van der Waals surface area contributed by atoms with Crippen LogP contribution in [0.25, 0.3) is 0 Å². The average molecular weight is 223 g/mol. The van der Waals surface area contributed by atoms with E-state index in [2.05, 4.69) is 5.32 Å². The van der Waals surface area contributed by atoms with Crippen molar-refractivity contribution >= 4 is 5.97 Å². The lowest BCUT2D eigenvalue weighted by Gasteiger charge is -2.18. The van der Waals surface area contributed by atoms with Gasteiger partial charge in [0.15, 0.2) is 0 Å². The van der Waals surface area contributed by atoms with Crippen LogP contribution in [0.2, 0.25) is 0 Å². The van der Waals surface area contributed by atoms with E-state index in [1.807, 2.05) is 0 Å². The molecule has 3 nitrogen and oxygen atoms in total. The number of benzene rings is 1. The minimum absolute atomic E-state index is 0.0318. The van der Waals surface area contributed by atoms with Crippen LogP contribution in [0.4, 0.5) is 4.39 Å². The number of hydrogen-bond donors (Lipinski definition) is 1. The fraction of sp³-hybridized carbons (Fsp3) is 0.417. The molecule has 0 spiro atoms. The van der Waals surface area contributed by atoms with Crippen LogP contribution >= 0.6 is 0 Å². The van der Waals surface area contributed by atoms with Gasteiger partial charge in [-0.05, 0) is 43.1 Å². The Hall–Kier alpha value is -1.42. The zero-order valence-corrected chi connectivity index (χ0v) is 9.18. The molecule has 4 heteroatoms. The number of fused-ring (bicyclic) bond motifs is 1. The number of carbonyl (C=O) groups excluding carboxylic acids is 1. The highest BCUT2D eigenvalue weighted by Gasteiger charge is 2.18. The Kier molecular flexibility index (Phi) is 3.19. The van der Waals surface area contributed by atoms with Gasteiger partial charge in [-0.15, -0.1) is 0 Å². The smallest absolute Gasteiger partial charge is 0.341 e. The number of rotatable bonds is 2. The van der Waals surface area contributed by atoms with Crippen LogP contribution < -0.4 is 5.32 Å². The molecule has 0 atom stereocenters. The van der Waals surface area contributed by atoms with E-state index >= 15 is 0 Å². The standard InChI is InChI=1S/C12H14FNO2/c1-2-16-12(15)10-5-9-7-14-4-3-8(9)6-11(10)13/h5-6,14H,2-4,7H2,1H3. The highest BCUT2D eigenvalue weighted by Crippen LogP contribution is 2.19. The zero-order chi connectivity index (χ0) is 11.5. The van der Waals surface area contributed by atoms with Crippen molar-refractivity contribution in [1.82, 2.24) is 5.32 Å². The molecule has 1 heterocycles. The predicted octanol–water partition coefficient (Wildman–Crippen LogP) is 1.65. The van der Waals surface area contributed by atoms with E-state index in [9.17, 15) is 9.18 Å². The normalized spacial score (nSPS) is 14.4. The van der Waals surface area contributed by atoms with E-state index in [1.54, 1.807) is 13.0 Å². The molecule has 0 fully saturated rings.